The maximum Gasteiger partial charge on any atom is 0.115 e. The van der Waals surface area contributed by atoms with Crippen molar-refractivity contribution in [2.75, 3.05) is 34.0 Å². The number of methoxy groups -OCH3 is 2. The summed E-state index contributed by atoms with van der Waals surface area (Å²) < 4.78 is 10.4. The second-order valence-electron chi connectivity index (χ2n) is 4.93. The monoisotopic (exact) mass is 270 g/mol. The van der Waals surface area contributed by atoms with Crippen molar-refractivity contribution in [2.45, 2.75) is 31.7 Å². The smallest absolute Gasteiger partial charge is 0.115 e. The minimum atomic E-state index is -0.206. The fourth-order valence-corrected chi connectivity index (χ4v) is 3.59. The second kappa shape index (κ2) is 6.10. The highest BCUT2D eigenvalue weighted by Gasteiger charge is 2.31. The minimum absolute atomic E-state index is 0.206. The molecule has 0 aromatic carbocycles. The Kier molecular flexibility index (Phi) is 4.72. The molecular formula is C13H22N2O2S. The third-order valence-corrected chi connectivity index (χ3v) is 4.74. The Balaban J connectivity index is 2.11. The van der Waals surface area contributed by atoms with Gasteiger partial charge < -0.3 is 14.8 Å². The second-order valence-corrected chi connectivity index (χ2v) is 6.01. The van der Waals surface area contributed by atoms with Gasteiger partial charge in [-0.05, 0) is 26.2 Å². The van der Waals surface area contributed by atoms with Gasteiger partial charge in [-0.3, -0.25) is 0 Å². The lowest BCUT2D eigenvalue weighted by atomic mass is 10.1. The van der Waals surface area contributed by atoms with Crippen molar-refractivity contribution in [3.8, 4) is 0 Å². The van der Waals surface area contributed by atoms with Gasteiger partial charge in [0.1, 0.15) is 5.01 Å². The Morgan fingerprint density at radius 2 is 2.17 bits per heavy atom. The van der Waals surface area contributed by atoms with E-state index in [0.29, 0.717) is 13.2 Å². The van der Waals surface area contributed by atoms with E-state index in [0.717, 1.165) is 18.0 Å². The van der Waals surface area contributed by atoms with Gasteiger partial charge in [0.25, 0.3) is 0 Å². The number of thiazole rings is 1. The third kappa shape index (κ3) is 2.91. The normalized spacial score (nSPS) is 17.7. The Labute approximate surface area is 113 Å². The largest absolute Gasteiger partial charge is 0.383 e. The van der Waals surface area contributed by atoms with E-state index >= 15 is 0 Å². The first kappa shape index (κ1) is 13.9. The molecule has 5 heteroatoms. The van der Waals surface area contributed by atoms with Crippen molar-refractivity contribution in [2.24, 2.45) is 0 Å². The van der Waals surface area contributed by atoms with E-state index in [4.69, 9.17) is 14.5 Å². The lowest BCUT2D eigenvalue weighted by molar-refractivity contribution is 0.108. The molecule has 102 valence electrons. The zero-order valence-electron chi connectivity index (χ0n) is 11.4. The molecule has 4 nitrogen and oxygen atoms in total. The van der Waals surface area contributed by atoms with Crippen LogP contribution in [0.5, 0.6) is 0 Å². The number of nitrogens with one attached hydrogen (secondary N) is 1. The van der Waals surface area contributed by atoms with Crippen LogP contribution in [0.25, 0.3) is 0 Å². The topological polar surface area (TPSA) is 43.4 Å². The SMILES string of the molecule is COCCNC(C)(COC)c1nc2c(s1)CCC2. The van der Waals surface area contributed by atoms with Crippen molar-refractivity contribution >= 4 is 11.3 Å². The standard InChI is InChI=1S/C13H22N2O2S/c1-13(9-17-3,14-7-8-16-2)12-15-10-5-4-6-11(10)18-12/h14H,4-9H2,1-3H3. The van der Waals surface area contributed by atoms with Gasteiger partial charge in [0, 0.05) is 25.6 Å². The molecule has 2 rings (SSSR count). The number of nitrogens with zero attached hydrogens (tertiary/aromatic N) is 1. The van der Waals surface area contributed by atoms with Crippen LogP contribution in [0.2, 0.25) is 0 Å². The van der Waals surface area contributed by atoms with E-state index < -0.39 is 0 Å². The molecule has 1 aliphatic rings. The summed E-state index contributed by atoms with van der Waals surface area (Å²) in [6, 6.07) is 0. The van der Waals surface area contributed by atoms with Crippen molar-refractivity contribution in [1.82, 2.24) is 10.3 Å². The van der Waals surface area contributed by atoms with Crippen LogP contribution in [0.3, 0.4) is 0 Å². The van der Waals surface area contributed by atoms with Gasteiger partial charge in [-0.25, -0.2) is 4.98 Å². The zero-order valence-corrected chi connectivity index (χ0v) is 12.2. The van der Waals surface area contributed by atoms with Gasteiger partial charge in [-0.15, -0.1) is 11.3 Å². The Morgan fingerprint density at radius 3 is 2.83 bits per heavy atom. The van der Waals surface area contributed by atoms with E-state index in [2.05, 4.69) is 12.2 Å². The number of aryl methyl sites for hydroxylation is 2. The molecule has 0 fully saturated rings. The summed E-state index contributed by atoms with van der Waals surface area (Å²) in [7, 11) is 3.45. The fourth-order valence-electron chi connectivity index (χ4n) is 2.33. The number of hydrogen-bond donors (Lipinski definition) is 1. The lowest BCUT2D eigenvalue weighted by Crippen LogP contribution is -2.44. The number of hydrogen-bond acceptors (Lipinski definition) is 5. The molecule has 0 radical (unpaired) electrons. The van der Waals surface area contributed by atoms with Crippen LogP contribution in [-0.2, 0) is 27.9 Å². The molecule has 0 spiro atoms. The highest BCUT2D eigenvalue weighted by atomic mass is 32.1. The van der Waals surface area contributed by atoms with Gasteiger partial charge in [-0.2, -0.15) is 0 Å². The fraction of sp³-hybridized carbons (Fsp3) is 0.769. The van der Waals surface area contributed by atoms with E-state index in [1.54, 1.807) is 14.2 Å². The van der Waals surface area contributed by atoms with E-state index in [9.17, 15) is 0 Å². The minimum Gasteiger partial charge on any atom is -0.383 e. The molecule has 0 bridgehead atoms. The summed E-state index contributed by atoms with van der Waals surface area (Å²) in [5.41, 5.74) is 1.09. The Bertz CT molecular complexity index is 373. The van der Waals surface area contributed by atoms with Gasteiger partial charge in [-0.1, -0.05) is 0 Å². The highest BCUT2D eigenvalue weighted by molar-refractivity contribution is 7.12. The molecule has 1 aromatic heterocycles. The van der Waals surface area contributed by atoms with Crippen LogP contribution in [-0.4, -0.2) is 39.0 Å². The summed E-state index contributed by atoms with van der Waals surface area (Å²) >= 11 is 1.83. The van der Waals surface area contributed by atoms with Crippen molar-refractivity contribution in [3.05, 3.63) is 15.6 Å². The van der Waals surface area contributed by atoms with Crippen LogP contribution in [0.1, 0.15) is 28.9 Å². The molecule has 18 heavy (non-hydrogen) atoms. The van der Waals surface area contributed by atoms with Crippen molar-refractivity contribution < 1.29 is 9.47 Å². The maximum atomic E-state index is 5.36. The summed E-state index contributed by atoms with van der Waals surface area (Å²) in [6.45, 7) is 4.29. The molecule has 1 N–H and O–H groups in total. The molecular weight excluding hydrogens is 248 g/mol. The average molecular weight is 270 g/mol. The molecule has 1 aromatic rings. The van der Waals surface area contributed by atoms with Gasteiger partial charge >= 0.3 is 0 Å². The average Bonchev–Trinajstić information content (AvgIpc) is 2.89. The zero-order chi connectivity index (χ0) is 13.0. The van der Waals surface area contributed by atoms with Crippen LogP contribution in [0.15, 0.2) is 0 Å². The number of aromatic nitrogens is 1. The first-order valence-corrected chi connectivity index (χ1v) is 7.23. The van der Waals surface area contributed by atoms with Gasteiger partial charge in [0.05, 0.1) is 24.4 Å². The van der Waals surface area contributed by atoms with E-state index in [1.807, 2.05) is 11.3 Å². The summed E-state index contributed by atoms with van der Waals surface area (Å²) in [5, 5.41) is 4.64. The van der Waals surface area contributed by atoms with E-state index in [-0.39, 0.29) is 5.54 Å². The van der Waals surface area contributed by atoms with Gasteiger partial charge in [0.2, 0.25) is 0 Å². The quantitative estimate of drug-likeness (QED) is 0.766. The Morgan fingerprint density at radius 1 is 1.33 bits per heavy atom. The van der Waals surface area contributed by atoms with Crippen molar-refractivity contribution in [1.29, 1.82) is 0 Å². The van der Waals surface area contributed by atoms with Crippen LogP contribution in [0, 0.1) is 0 Å². The number of rotatable bonds is 7. The summed E-state index contributed by atoms with van der Waals surface area (Å²) in [6.07, 6.45) is 3.58. The van der Waals surface area contributed by atoms with Crippen LogP contribution in [0.4, 0.5) is 0 Å². The van der Waals surface area contributed by atoms with Crippen LogP contribution >= 0.6 is 11.3 Å². The predicted molar refractivity (Wildman–Crippen MR) is 73.2 cm³/mol. The van der Waals surface area contributed by atoms with Gasteiger partial charge in [0.15, 0.2) is 0 Å². The molecule has 1 heterocycles. The lowest BCUT2D eigenvalue weighted by Gasteiger charge is -2.28. The first-order chi connectivity index (χ1) is 8.69. The maximum absolute atomic E-state index is 5.36. The molecule has 1 unspecified atom stereocenters. The highest BCUT2D eigenvalue weighted by Crippen LogP contribution is 2.33. The molecule has 0 aliphatic heterocycles. The van der Waals surface area contributed by atoms with Crippen LogP contribution < -0.4 is 5.32 Å². The molecule has 0 saturated carbocycles. The third-order valence-electron chi connectivity index (χ3n) is 3.32. The predicted octanol–water partition coefficient (Wildman–Crippen LogP) is 1.73. The number of ether oxygens (including phenoxy) is 2. The van der Waals surface area contributed by atoms with Crippen molar-refractivity contribution in [3.63, 3.8) is 0 Å². The molecule has 0 amide bonds. The first-order valence-electron chi connectivity index (χ1n) is 6.41. The molecule has 1 atom stereocenters. The molecule has 0 saturated heterocycles. The number of fused-ring (bicyclic) bond motifs is 1. The Hall–Kier alpha value is -0.490. The summed E-state index contributed by atoms with van der Waals surface area (Å²) in [4.78, 5) is 6.25. The molecule has 1 aliphatic carbocycles. The van der Waals surface area contributed by atoms with E-state index in [1.165, 1.54) is 23.4 Å². The summed E-state index contributed by atoms with van der Waals surface area (Å²) in [5.74, 6) is 0.